The highest BCUT2D eigenvalue weighted by Crippen LogP contribution is 2.38. The fraction of sp³-hybridized carbons (Fsp3) is 0.867. The van der Waals surface area contributed by atoms with Gasteiger partial charge in [-0.3, -0.25) is 4.79 Å². The number of carboxylic acid groups (broad SMARTS) is 1. The van der Waals surface area contributed by atoms with E-state index in [0.717, 1.165) is 43.7 Å². The zero-order valence-corrected chi connectivity index (χ0v) is 13.6. The van der Waals surface area contributed by atoms with Crippen LogP contribution in [0.25, 0.3) is 0 Å². The van der Waals surface area contributed by atoms with Crippen molar-refractivity contribution in [1.29, 1.82) is 0 Å². The van der Waals surface area contributed by atoms with Crippen LogP contribution >= 0.6 is 11.8 Å². The average Bonchev–Trinajstić information content (AvgIpc) is 2.46. The van der Waals surface area contributed by atoms with Crippen molar-refractivity contribution in [3.8, 4) is 0 Å². The van der Waals surface area contributed by atoms with Crippen molar-refractivity contribution in [3.63, 3.8) is 0 Å². The third kappa shape index (κ3) is 4.53. The van der Waals surface area contributed by atoms with Crippen molar-refractivity contribution in [2.75, 3.05) is 24.6 Å². The molecule has 0 bridgehead atoms. The molecule has 1 saturated carbocycles. The van der Waals surface area contributed by atoms with Crippen LogP contribution in [0.15, 0.2) is 0 Å². The summed E-state index contributed by atoms with van der Waals surface area (Å²) in [7, 11) is 0. The first-order valence-electron chi connectivity index (χ1n) is 7.86. The molecule has 2 aliphatic rings. The molecule has 1 unspecified atom stereocenters. The number of hydrogen-bond donors (Lipinski definition) is 2. The van der Waals surface area contributed by atoms with Crippen LogP contribution in [-0.4, -0.2) is 52.6 Å². The van der Waals surface area contributed by atoms with Gasteiger partial charge < -0.3 is 15.3 Å². The van der Waals surface area contributed by atoms with E-state index >= 15 is 0 Å². The number of amides is 2. The van der Waals surface area contributed by atoms with E-state index in [4.69, 9.17) is 5.11 Å². The van der Waals surface area contributed by atoms with Gasteiger partial charge in [-0.05, 0) is 25.2 Å². The summed E-state index contributed by atoms with van der Waals surface area (Å²) in [6.45, 7) is 3.34. The van der Waals surface area contributed by atoms with Gasteiger partial charge in [0.2, 0.25) is 0 Å². The number of nitrogens with one attached hydrogen (secondary N) is 1. The molecule has 120 valence electrons. The van der Waals surface area contributed by atoms with Crippen LogP contribution in [0.3, 0.4) is 0 Å². The van der Waals surface area contributed by atoms with E-state index in [0.29, 0.717) is 6.54 Å². The molecule has 2 rings (SSSR count). The Bertz CT molecular complexity index is 383. The number of hydrogen-bond acceptors (Lipinski definition) is 3. The first-order chi connectivity index (χ1) is 10.0. The van der Waals surface area contributed by atoms with E-state index < -0.39 is 5.97 Å². The molecule has 2 fully saturated rings. The minimum atomic E-state index is -0.756. The van der Waals surface area contributed by atoms with Crippen molar-refractivity contribution in [3.05, 3.63) is 0 Å². The number of aliphatic carboxylic acids is 1. The number of urea groups is 1. The maximum Gasteiger partial charge on any atom is 0.317 e. The number of thioether (sulfide) groups is 1. The zero-order chi connectivity index (χ0) is 15.3. The van der Waals surface area contributed by atoms with E-state index in [1.165, 1.54) is 6.42 Å². The van der Waals surface area contributed by atoms with Gasteiger partial charge in [0.05, 0.1) is 6.42 Å². The van der Waals surface area contributed by atoms with Crippen molar-refractivity contribution in [1.82, 2.24) is 10.2 Å². The van der Waals surface area contributed by atoms with Crippen LogP contribution in [-0.2, 0) is 4.79 Å². The van der Waals surface area contributed by atoms with E-state index in [2.05, 4.69) is 12.2 Å². The van der Waals surface area contributed by atoms with E-state index in [9.17, 15) is 9.59 Å². The van der Waals surface area contributed by atoms with Gasteiger partial charge in [-0.25, -0.2) is 4.79 Å². The predicted octanol–water partition coefficient (Wildman–Crippen LogP) is 2.56. The maximum atomic E-state index is 12.3. The Balaban J connectivity index is 1.91. The number of carbonyl (C=O) groups is 2. The smallest absolute Gasteiger partial charge is 0.317 e. The summed E-state index contributed by atoms with van der Waals surface area (Å²) in [6.07, 6.45) is 5.30. The maximum absolute atomic E-state index is 12.3. The number of nitrogens with zero attached hydrogens (tertiary/aromatic N) is 1. The molecule has 6 heteroatoms. The fourth-order valence-electron chi connectivity index (χ4n) is 3.43. The second-order valence-corrected chi connectivity index (χ2v) is 7.56. The first kappa shape index (κ1) is 16.5. The molecule has 1 atom stereocenters. The fourth-order valence-corrected chi connectivity index (χ4v) is 4.45. The molecule has 1 aliphatic heterocycles. The summed E-state index contributed by atoms with van der Waals surface area (Å²) in [5.41, 5.74) is -0.243. The molecule has 1 heterocycles. The van der Waals surface area contributed by atoms with Gasteiger partial charge in [-0.2, -0.15) is 11.8 Å². The molecule has 0 radical (unpaired) electrons. The molecule has 2 N–H and O–H groups in total. The minimum Gasteiger partial charge on any atom is -0.481 e. The molecule has 1 aliphatic carbocycles. The standard InChI is InChI=1S/C15H26N2O3S/c1-12-10-21-8-7-17(12)14(20)16-11-15(9-13(18)19)5-3-2-4-6-15/h12H,2-11H2,1H3,(H,16,20)(H,18,19). The lowest BCUT2D eigenvalue weighted by Gasteiger charge is -2.38. The van der Waals surface area contributed by atoms with Crippen LogP contribution in [0.5, 0.6) is 0 Å². The normalized spacial score (nSPS) is 25.4. The summed E-state index contributed by atoms with van der Waals surface area (Å²) in [4.78, 5) is 25.4. The first-order valence-corrected chi connectivity index (χ1v) is 9.02. The Kier molecular flexibility index (Phi) is 5.79. The van der Waals surface area contributed by atoms with Gasteiger partial charge in [0.25, 0.3) is 0 Å². The van der Waals surface area contributed by atoms with Gasteiger partial charge in [-0.15, -0.1) is 0 Å². The molecular formula is C15H26N2O3S. The Morgan fingerprint density at radius 1 is 1.33 bits per heavy atom. The highest BCUT2D eigenvalue weighted by Gasteiger charge is 2.35. The Morgan fingerprint density at radius 3 is 2.67 bits per heavy atom. The molecule has 0 aromatic carbocycles. The minimum absolute atomic E-state index is 0.0295. The van der Waals surface area contributed by atoms with E-state index in [1.54, 1.807) is 0 Å². The Labute approximate surface area is 130 Å². The van der Waals surface area contributed by atoms with Crippen molar-refractivity contribution < 1.29 is 14.7 Å². The zero-order valence-electron chi connectivity index (χ0n) is 12.8. The Morgan fingerprint density at radius 2 is 2.05 bits per heavy atom. The van der Waals surface area contributed by atoms with Gasteiger partial charge in [0.15, 0.2) is 0 Å². The van der Waals surface area contributed by atoms with E-state index in [-0.39, 0.29) is 23.9 Å². The third-order valence-corrected chi connectivity index (χ3v) is 5.87. The van der Waals surface area contributed by atoms with Crippen LogP contribution in [0.2, 0.25) is 0 Å². The molecular weight excluding hydrogens is 288 g/mol. The average molecular weight is 314 g/mol. The number of rotatable bonds is 4. The topological polar surface area (TPSA) is 69.6 Å². The highest BCUT2D eigenvalue weighted by atomic mass is 32.2. The summed E-state index contributed by atoms with van der Waals surface area (Å²) < 4.78 is 0. The van der Waals surface area contributed by atoms with Crippen molar-refractivity contribution in [2.24, 2.45) is 5.41 Å². The van der Waals surface area contributed by atoms with Crippen LogP contribution < -0.4 is 5.32 Å². The lowest BCUT2D eigenvalue weighted by Crippen LogP contribution is -2.51. The van der Waals surface area contributed by atoms with Crippen molar-refractivity contribution >= 4 is 23.8 Å². The van der Waals surface area contributed by atoms with Crippen molar-refractivity contribution in [2.45, 2.75) is 51.5 Å². The second kappa shape index (κ2) is 7.38. The molecule has 5 nitrogen and oxygen atoms in total. The largest absolute Gasteiger partial charge is 0.481 e. The predicted molar refractivity (Wildman–Crippen MR) is 84.7 cm³/mol. The molecule has 0 aromatic rings. The summed E-state index contributed by atoms with van der Waals surface area (Å²) in [6, 6.07) is 0.226. The lowest BCUT2D eigenvalue weighted by molar-refractivity contribution is -0.140. The molecule has 2 amide bonds. The van der Waals surface area contributed by atoms with Crippen LogP contribution in [0, 0.1) is 5.41 Å². The number of carboxylic acids is 1. The third-order valence-electron chi connectivity index (χ3n) is 4.68. The Hall–Kier alpha value is -0.910. The summed E-state index contributed by atoms with van der Waals surface area (Å²) in [5.74, 6) is 1.21. The molecule has 0 spiro atoms. The van der Waals surface area contributed by atoms with Crippen LogP contribution in [0.4, 0.5) is 4.79 Å². The SMILES string of the molecule is CC1CSCCN1C(=O)NCC1(CC(=O)O)CCCCC1. The van der Waals surface area contributed by atoms with Gasteiger partial charge in [-0.1, -0.05) is 19.3 Å². The molecule has 1 saturated heterocycles. The number of carbonyl (C=O) groups excluding carboxylic acids is 1. The molecule has 0 aromatic heterocycles. The van der Waals surface area contributed by atoms with Gasteiger partial charge in [0, 0.05) is 30.6 Å². The molecule has 21 heavy (non-hydrogen) atoms. The highest BCUT2D eigenvalue weighted by molar-refractivity contribution is 7.99. The summed E-state index contributed by atoms with van der Waals surface area (Å²) in [5, 5.41) is 12.2. The summed E-state index contributed by atoms with van der Waals surface area (Å²) >= 11 is 1.88. The van der Waals surface area contributed by atoms with Crippen LogP contribution in [0.1, 0.15) is 45.4 Å². The van der Waals surface area contributed by atoms with Gasteiger partial charge in [0.1, 0.15) is 0 Å². The van der Waals surface area contributed by atoms with E-state index in [1.807, 2.05) is 16.7 Å². The monoisotopic (exact) mass is 314 g/mol. The quantitative estimate of drug-likeness (QED) is 0.837. The second-order valence-electron chi connectivity index (χ2n) is 6.41. The van der Waals surface area contributed by atoms with Gasteiger partial charge >= 0.3 is 12.0 Å². The lowest BCUT2D eigenvalue weighted by atomic mass is 9.72.